The summed E-state index contributed by atoms with van der Waals surface area (Å²) in [7, 11) is 0. The molecule has 1 aromatic rings. The Labute approximate surface area is 192 Å². The van der Waals surface area contributed by atoms with Crippen molar-refractivity contribution in [2.45, 2.75) is 32.6 Å². The standard InChI is InChI=1S/C22H32N2O9/c1-2-3-8-33-18-14-16(21(29)23-6-11-31-9-4-19(25)26)13-17(15-18)22(30)24-7-12-32-10-5-20(27)28/h13-15H,2-12H2,1H3,(H,23,29)(H,24,30)(H,25,26)(H,27,28). The molecule has 0 aromatic heterocycles. The molecule has 33 heavy (non-hydrogen) atoms. The molecule has 11 heteroatoms. The third kappa shape index (κ3) is 13.1. The lowest BCUT2D eigenvalue weighted by Gasteiger charge is -2.12. The van der Waals surface area contributed by atoms with E-state index in [0.29, 0.717) is 12.4 Å². The van der Waals surface area contributed by atoms with Crippen LogP contribution in [0, 0.1) is 0 Å². The third-order valence-electron chi connectivity index (χ3n) is 4.18. The molecule has 0 saturated carbocycles. The number of carbonyl (C=O) groups is 4. The Hall–Kier alpha value is -3.18. The summed E-state index contributed by atoms with van der Waals surface area (Å²) in [6.45, 7) is 3.22. The molecule has 0 spiro atoms. The van der Waals surface area contributed by atoms with Gasteiger partial charge >= 0.3 is 11.9 Å². The Bertz CT molecular complexity index is 727. The van der Waals surface area contributed by atoms with E-state index in [2.05, 4.69) is 10.6 Å². The van der Waals surface area contributed by atoms with Crippen molar-refractivity contribution in [3.8, 4) is 5.75 Å². The first-order valence-corrected chi connectivity index (χ1v) is 10.8. The predicted octanol–water partition coefficient (Wildman–Crippen LogP) is 1.31. The zero-order valence-corrected chi connectivity index (χ0v) is 18.8. The van der Waals surface area contributed by atoms with Gasteiger partial charge in [0.25, 0.3) is 11.8 Å². The van der Waals surface area contributed by atoms with Gasteiger partial charge in [-0.2, -0.15) is 0 Å². The number of carbonyl (C=O) groups excluding carboxylic acids is 2. The van der Waals surface area contributed by atoms with E-state index >= 15 is 0 Å². The number of carboxylic acid groups (broad SMARTS) is 2. The van der Waals surface area contributed by atoms with Crippen molar-refractivity contribution >= 4 is 23.8 Å². The molecule has 0 fully saturated rings. The molecule has 0 bridgehead atoms. The first-order valence-electron chi connectivity index (χ1n) is 10.8. The highest BCUT2D eigenvalue weighted by atomic mass is 16.5. The predicted molar refractivity (Wildman–Crippen MR) is 118 cm³/mol. The second kappa shape index (κ2) is 16.5. The van der Waals surface area contributed by atoms with Crippen LogP contribution in [0.5, 0.6) is 5.75 Å². The summed E-state index contributed by atoms with van der Waals surface area (Å²) in [4.78, 5) is 45.9. The highest BCUT2D eigenvalue weighted by Gasteiger charge is 2.14. The second-order valence-electron chi connectivity index (χ2n) is 6.97. The van der Waals surface area contributed by atoms with Crippen LogP contribution >= 0.6 is 0 Å². The average molecular weight is 469 g/mol. The fraction of sp³-hybridized carbons (Fsp3) is 0.545. The summed E-state index contributed by atoms with van der Waals surface area (Å²) < 4.78 is 15.9. The highest BCUT2D eigenvalue weighted by molar-refractivity contribution is 6.00. The van der Waals surface area contributed by atoms with Crippen LogP contribution in [-0.4, -0.2) is 80.1 Å². The minimum absolute atomic E-state index is 0.0519. The van der Waals surface area contributed by atoms with Crippen LogP contribution in [0.2, 0.25) is 0 Å². The van der Waals surface area contributed by atoms with Gasteiger partial charge in [-0.15, -0.1) is 0 Å². The summed E-state index contributed by atoms with van der Waals surface area (Å²) in [6, 6.07) is 4.53. The molecule has 0 atom stereocenters. The van der Waals surface area contributed by atoms with Gasteiger partial charge in [0.05, 0.1) is 45.9 Å². The van der Waals surface area contributed by atoms with Crippen molar-refractivity contribution in [2.24, 2.45) is 0 Å². The van der Waals surface area contributed by atoms with Crippen molar-refractivity contribution in [1.29, 1.82) is 0 Å². The van der Waals surface area contributed by atoms with Gasteiger partial charge in [-0.25, -0.2) is 0 Å². The molecule has 0 aliphatic rings. The van der Waals surface area contributed by atoms with Crippen LogP contribution in [0.4, 0.5) is 0 Å². The van der Waals surface area contributed by atoms with Gasteiger partial charge in [-0.1, -0.05) is 13.3 Å². The van der Waals surface area contributed by atoms with Crippen LogP contribution < -0.4 is 15.4 Å². The van der Waals surface area contributed by atoms with E-state index in [1.165, 1.54) is 6.07 Å². The molecule has 1 rings (SSSR count). The van der Waals surface area contributed by atoms with Crippen LogP contribution in [0.15, 0.2) is 18.2 Å². The van der Waals surface area contributed by atoms with E-state index in [4.69, 9.17) is 24.4 Å². The minimum atomic E-state index is -0.962. The summed E-state index contributed by atoms with van der Waals surface area (Å²) in [6.07, 6.45) is 1.51. The lowest BCUT2D eigenvalue weighted by atomic mass is 10.1. The van der Waals surface area contributed by atoms with E-state index in [1.54, 1.807) is 12.1 Å². The number of carboxylic acids is 2. The summed E-state index contributed by atoms with van der Waals surface area (Å²) in [5, 5.41) is 22.5. The molecule has 4 N–H and O–H groups in total. The Morgan fingerprint density at radius 2 is 1.24 bits per heavy atom. The van der Waals surface area contributed by atoms with Crippen molar-refractivity contribution < 1.29 is 43.6 Å². The number of hydrogen-bond acceptors (Lipinski definition) is 7. The van der Waals surface area contributed by atoms with Gasteiger partial charge in [0.1, 0.15) is 5.75 Å². The Morgan fingerprint density at radius 1 is 0.758 bits per heavy atom. The van der Waals surface area contributed by atoms with Gasteiger partial charge in [0, 0.05) is 24.2 Å². The third-order valence-corrected chi connectivity index (χ3v) is 4.18. The Morgan fingerprint density at radius 3 is 1.67 bits per heavy atom. The number of aliphatic carboxylic acids is 2. The van der Waals surface area contributed by atoms with Crippen molar-refractivity contribution in [3.63, 3.8) is 0 Å². The quantitative estimate of drug-likeness (QED) is 0.233. The van der Waals surface area contributed by atoms with Gasteiger partial charge in [-0.05, 0) is 24.6 Å². The maximum Gasteiger partial charge on any atom is 0.305 e. The van der Waals surface area contributed by atoms with Gasteiger partial charge in [-0.3, -0.25) is 19.2 Å². The molecule has 0 aliphatic carbocycles. The first kappa shape index (κ1) is 27.9. The molecule has 0 aliphatic heterocycles. The van der Waals surface area contributed by atoms with E-state index in [9.17, 15) is 19.2 Å². The number of amides is 2. The van der Waals surface area contributed by atoms with Crippen molar-refractivity contribution in [2.75, 3.05) is 46.1 Å². The molecule has 11 nitrogen and oxygen atoms in total. The van der Waals surface area contributed by atoms with E-state index in [0.717, 1.165) is 12.8 Å². The first-order chi connectivity index (χ1) is 15.8. The monoisotopic (exact) mass is 468 g/mol. The Kier molecular flexibility index (Phi) is 13.9. The fourth-order valence-electron chi connectivity index (χ4n) is 2.48. The van der Waals surface area contributed by atoms with Gasteiger partial charge in [0.2, 0.25) is 0 Å². The topological polar surface area (TPSA) is 160 Å². The maximum atomic E-state index is 12.5. The normalized spacial score (nSPS) is 10.5. The fourth-order valence-corrected chi connectivity index (χ4v) is 2.48. The summed E-state index contributed by atoms with van der Waals surface area (Å²) in [5.74, 6) is -2.39. The van der Waals surface area contributed by atoms with Crippen LogP contribution in [0.3, 0.4) is 0 Å². The number of benzene rings is 1. The number of rotatable bonds is 18. The van der Waals surface area contributed by atoms with Crippen LogP contribution in [0.1, 0.15) is 53.3 Å². The molecule has 0 saturated heterocycles. The van der Waals surface area contributed by atoms with Gasteiger partial charge in [0.15, 0.2) is 0 Å². The summed E-state index contributed by atoms with van der Waals surface area (Å²) >= 11 is 0. The molecule has 2 amide bonds. The number of nitrogens with one attached hydrogen (secondary N) is 2. The molecule has 0 unspecified atom stereocenters. The number of unbranched alkanes of at least 4 members (excludes halogenated alkanes) is 1. The molecular weight excluding hydrogens is 436 g/mol. The number of ether oxygens (including phenoxy) is 3. The largest absolute Gasteiger partial charge is 0.494 e. The minimum Gasteiger partial charge on any atom is -0.494 e. The lowest BCUT2D eigenvalue weighted by molar-refractivity contribution is -0.139. The lowest BCUT2D eigenvalue weighted by Crippen LogP contribution is -2.29. The average Bonchev–Trinajstić information content (AvgIpc) is 2.77. The van der Waals surface area contributed by atoms with Crippen LogP contribution in [0.25, 0.3) is 0 Å². The second-order valence-corrected chi connectivity index (χ2v) is 6.97. The van der Waals surface area contributed by atoms with E-state index < -0.39 is 23.8 Å². The van der Waals surface area contributed by atoms with Crippen molar-refractivity contribution in [1.82, 2.24) is 10.6 Å². The zero-order valence-electron chi connectivity index (χ0n) is 18.8. The number of hydrogen-bond donors (Lipinski definition) is 4. The smallest absolute Gasteiger partial charge is 0.305 e. The SMILES string of the molecule is CCCCOc1cc(C(=O)NCCOCCC(=O)O)cc(C(=O)NCCOCCC(=O)O)c1. The zero-order chi connectivity index (χ0) is 24.5. The molecule has 1 aromatic carbocycles. The molecule has 0 heterocycles. The summed E-state index contributed by atoms with van der Waals surface area (Å²) in [5.41, 5.74) is 0.467. The molecule has 184 valence electrons. The molecule has 0 radical (unpaired) electrons. The maximum absolute atomic E-state index is 12.5. The van der Waals surface area contributed by atoms with E-state index in [-0.39, 0.29) is 63.5 Å². The highest BCUT2D eigenvalue weighted by Crippen LogP contribution is 2.18. The van der Waals surface area contributed by atoms with Crippen LogP contribution in [-0.2, 0) is 19.1 Å². The molecular formula is C22H32N2O9. The Balaban J connectivity index is 2.66. The van der Waals surface area contributed by atoms with Crippen molar-refractivity contribution in [3.05, 3.63) is 29.3 Å². The van der Waals surface area contributed by atoms with E-state index in [1.807, 2.05) is 6.92 Å². The van der Waals surface area contributed by atoms with Gasteiger partial charge < -0.3 is 35.1 Å².